The van der Waals surface area contributed by atoms with Gasteiger partial charge in [-0.2, -0.15) is 0 Å². The number of rotatable bonds is 6. The van der Waals surface area contributed by atoms with Crippen LogP contribution in [0, 0.1) is 0 Å². The van der Waals surface area contributed by atoms with Crippen LogP contribution in [0.25, 0.3) is 12.2 Å². The van der Waals surface area contributed by atoms with Crippen molar-refractivity contribution in [3.05, 3.63) is 108 Å². The van der Waals surface area contributed by atoms with Crippen LogP contribution < -0.4 is 0 Å². The van der Waals surface area contributed by atoms with Crippen LogP contribution in [0.5, 0.6) is 0 Å². The van der Waals surface area contributed by atoms with Gasteiger partial charge >= 0.3 is 160 Å². The average Bonchev–Trinajstić information content (AvgIpc) is 3.17. The molecular formula is C24H24Cl2Ti. The Balaban J connectivity index is 0.00000131. The van der Waals surface area contributed by atoms with Gasteiger partial charge in [0.25, 0.3) is 0 Å². The van der Waals surface area contributed by atoms with Crippen molar-refractivity contribution in [2.45, 2.75) is 20.3 Å². The number of fused-ring (bicyclic) bond motifs is 2. The summed E-state index contributed by atoms with van der Waals surface area (Å²) in [6.45, 7) is 8.16. The molecule has 0 fully saturated rings. The molecule has 2 atom stereocenters. The van der Waals surface area contributed by atoms with Gasteiger partial charge in [0.15, 0.2) is 0 Å². The van der Waals surface area contributed by atoms with Gasteiger partial charge in [0.05, 0.1) is 0 Å². The standard InChI is InChI=1S/2C12H11.2ClH.Ti/c2*1-2-5-10-8-9-11-6-3-4-7-12(10)11;;;/h2*2-4,6-9H,1,5H2;2*1H;. The molecule has 2 aliphatic carbocycles. The molecule has 138 valence electrons. The minimum Gasteiger partial charge on any atom is -0.147 e. The van der Waals surface area contributed by atoms with Gasteiger partial charge in [-0.1, -0.05) is 0 Å². The van der Waals surface area contributed by atoms with E-state index in [0.29, 0.717) is 0 Å². The second-order valence-electron chi connectivity index (χ2n) is 6.89. The van der Waals surface area contributed by atoms with Gasteiger partial charge in [-0.15, -0.1) is 24.8 Å². The van der Waals surface area contributed by atoms with Crippen LogP contribution >= 0.6 is 24.8 Å². The number of halogens is 2. The molecule has 2 aliphatic rings. The molecule has 0 N–H and O–H groups in total. The van der Waals surface area contributed by atoms with E-state index >= 15 is 0 Å². The largest absolute Gasteiger partial charge is 0.147 e. The Morgan fingerprint density at radius 1 is 0.704 bits per heavy atom. The van der Waals surface area contributed by atoms with E-state index in [4.69, 9.17) is 0 Å². The molecule has 0 spiro atoms. The van der Waals surface area contributed by atoms with Gasteiger partial charge in [0.1, 0.15) is 0 Å². The van der Waals surface area contributed by atoms with Crippen LogP contribution in [0.2, 0.25) is 0 Å². The molecule has 4 rings (SSSR count). The van der Waals surface area contributed by atoms with Crippen molar-refractivity contribution in [2.75, 3.05) is 0 Å². The summed E-state index contributed by atoms with van der Waals surface area (Å²) >= 11 is -0.440. The number of hydrogen-bond donors (Lipinski definition) is 0. The van der Waals surface area contributed by atoms with E-state index in [-0.39, 0.29) is 32.3 Å². The predicted molar refractivity (Wildman–Crippen MR) is 118 cm³/mol. The van der Waals surface area contributed by atoms with E-state index in [1.54, 1.807) is 0 Å². The molecule has 3 heteroatoms. The summed E-state index contributed by atoms with van der Waals surface area (Å²) in [7, 11) is 0. The summed E-state index contributed by atoms with van der Waals surface area (Å²) in [5, 5.41) is 0. The van der Waals surface area contributed by atoms with E-state index in [9.17, 15) is 0 Å². The molecule has 0 saturated carbocycles. The quantitative estimate of drug-likeness (QED) is 0.345. The topological polar surface area (TPSA) is 0 Å². The summed E-state index contributed by atoms with van der Waals surface area (Å²) in [5.41, 5.74) is 5.71. The molecule has 0 aromatic heterocycles. The van der Waals surface area contributed by atoms with Crippen molar-refractivity contribution in [3.8, 4) is 0 Å². The van der Waals surface area contributed by atoms with Gasteiger partial charge in [0, 0.05) is 0 Å². The third-order valence-electron chi connectivity index (χ3n) is 5.36. The van der Waals surface area contributed by atoms with Crippen LogP contribution in [-0.4, -0.2) is 0 Å². The molecule has 0 aliphatic heterocycles. The zero-order chi connectivity index (χ0) is 17.3. The molecule has 0 nitrogen and oxygen atoms in total. The Labute approximate surface area is 183 Å². The normalized spacial score (nSPS) is 23.6. The van der Waals surface area contributed by atoms with E-state index < -0.39 is 19.2 Å². The molecule has 27 heavy (non-hydrogen) atoms. The number of benzene rings is 2. The minimum absolute atomic E-state index is 0. The zero-order valence-corrected chi connectivity index (χ0v) is 18.4. The van der Waals surface area contributed by atoms with Crippen molar-refractivity contribution < 1.29 is 19.2 Å². The van der Waals surface area contributed by atoms with Gasteiger partial charge < -0.3 is 0 Å². The van der Waals surface area contributed by atoms with Crippen LogP contribution in [-0.2, 0) is 26.6 Å². The molecule has 2 aromatic carbocycles. The van der Waals surface area contributed by atoms with E-state index in [1.807, 2.05) is 0 Å². The van der Waals surface area contributed by atoms with E-state index in [2.05, 4.69) is 98.1 Å². The fourth-order valence-electron chi connectivity index (χ4n) is 4.27. The monoisotopic (exact) mass is 430 g/mol. The van der Waals surface area contributed by atoms with Crippen LogP contribution in [0.3, 0.4) is 0 Å². The van der Waals surface area contributed by atoms with Crippen molar-refractivity contribution in [1.29, 1.82) is 0 Å². The second kappa shape index (κ2) is 8.80. The Morgan fingerprint density at radius 2 is 1.11 bits per heavy atom. The molecule has 0 saturated heterocycles. The molecular weight excluding hydrogens is 407 g/mol. The summed E-state index contributed by atoms with van der Waals surface area (Å²) < 4.78 is 0.256. The first-order valence-corrected chi connectivity index (χ1v) is 10.4. The molecule has 2 aromatic rings. The van der Waals surface area contributed by atoms with Crippen molar-refractivity contribution in [3.63, 3.8) is 0 Å². The van der Waals surface area contributed by atoms with Crippen molar-refractivity contribution >= 4 is 37.0 Å². The molecule has 0 bridgehead atoms. The van der Waals surface area contributed by atoms with Crippen LogP contribution in [0.4, 0.5) is 0 Å². The maximum Gasteiger partial charge on any atom is -0.147 e. The van der Waals surface area contributed by atoms with Crippen molar-refractivity contribution in [2.24, 2.45) is 0 Å². The van der Waals surface area contributed by atoms with E-state index in [0.717, 1.165) is 12.8 Å². The fraction of sp³-hybridized carbons (Fsp3) is 0.167. The van der Waals surface area contributed by atoms with Gasteiger partial charge in [-0.05, 0) is 0 Å². The number of hydrogen-bond acceptors (Lipinski definition) is 0. The average molecular weight is 431 g/mol. The summed E-state index contributed by atoms with van der Waals surface area (Å²) in [6, 6.07) is 17.7. The first-order valence-electron chi connectivity index (χ1n) is 8.82. The maximum atomic E-state index is 4.08. The van der Waals surface area contributed by atoms with Crippen LogP contribution in [0.1, 0.15) is 35.1 Å². The van der Waals surface area contributed by atoms with Gasteiger partial charge in [0.2, 0.25) is 0 Å². The third-order valence-corrected chi connectivity index (χ3v) is 8.75. The molecule has 0 amide bonds. The summed E-state index contributed by atoms with van der Waals surface area (Å²) in [5.74, 6) is 0. The van der Waals surface area contributed by atoms with Gasteiger partial charge in [-0.25, -0.2) is 0 Å². The Hall–Kier alpha value is -1.31. The molecule has 2 unspecified atom stereocenters. The van der Waals surface area contributed by atoms with E-state index in [1.165, 1.54) is 22.3 Å². The first-order chi connectivity index (χ1) is 12.2. The smallest absolute Gasteiger partial charge is 0.147 e. The second-order valence-corrected chi connectivity index (χ2v) is 10.1. The molecule has 0 radical (unpaired) electrons. The number of allylic oxidation sites excluding steroid dienone is 4. The third kappa shape index (κ3) is 3.69. The Kier molecular flexibility index (Phi) is 7.17. The molecule has 0 heterocycles. The van der Waals surface area contributed by atoms with Crippen molar-refractivity contribution in [1.82, 2.24) is 0 Å². The SMILES string of the molecule is C=CC[C]1([Ti][C]2(CC=C)C=Cc3ccccc32)C=Cc2ccccc21.Cl.Cl. The Morgan fingerprint density at radius 3 is 1.52 bits per heavy atom. The Bertz CT molecular complexity index is 825. The fourth-order valence-corrected chi connectivity index (χ4v) is 7.94. The minimum atomic E-state index is -0.440. The maximum absolute atomic E-state index is 4.08. The zero-order valence-electron chi connectivity index (χ0n) is 15.2. The van der Waals surface area contributed by atoms with Crippen LogP contribution in [0.15, 0.2) is 86.0 Å². The van der Waals surface area contributed by atoms with Gasteiger partial charge in [-0.3, -0.25) is 0 Å². The summed E-state index contributed by atoms with van der Waals surface area (Å²) in [4.78, 5) is 0. The first kappa shape index (κ1) is 22.0. The summed E-state index contributed by atoms with van der Waals surface area (Å²) in [6.07, 6.45) is 15.8. The predicted octanol–water partition coefficient (Wildman–Crippen LogP) is 6.91.